The Morgan fingerprint density at radius 2 is 2.17 bits per heavy atom. The van der Waals surface area contributed by atoms with E-state index in [1.54, 1.807) is 32.4 Å². The Bertz CT molecular complexity index is 166. The van der Waals surface area contributed by atoms with E-state index in [0.29, 0.717) is 0 Å². The number of hydrazine groups is 1. The van der Waals surface area contributed by atoms with Crippen molar-refractivity contribution in [1.29, 1.82) is 0 Å². The highest BCUT2D eigenvalue weighted by molar-refractivity contribution is 4.97. The first-order valence-electron chi connectivity index (χ1n) is 3.69. The Hall–Kier alpha value is -0.870. The van der Waals surface area contributed by atoms with Crippen molar-refractivity contribution in [3.8, 4) is 0 Å². The van der Waals surface area contributed by atoms with E-state index in [4.69, 9.17) is 0 Å². The maximum atomic E-state index is 13.5. The van der Waals surface area contributed by atoms with Gasteiger partial charge in [0.2, 0.25) is 5.92 Å². The number of rotatable bonds is 5. The van der Waals surface area contributed by atoms with Gasteiger partial charge >= 0.3 is 0 Å². The molecule has 0 radical (unpaired) electrons. The number of hydrogen-bond acceptors (Lipinski definition) is 3. The first kappa shape index (κ1) is 11.1. The van der Waals surface area contributed by atoms with Crippen LogP contribution in [0.15, 0.2) is 24.9 Å². The van der Waals surface area contributed by atoms with Gasteiger partial charge in [-0.2, -0.15) is 0 Å². The van der Waals surface area contributed by atoms with E-state index in [1.165, 1.54) is 11.8 Å². The van der Waals surface area contributed by atoms with Gasteiger partial charge in [0.15, 0.2) is 0 Å². The van der Waals surface area contributed by atoms with Crippen molar-refractivity contribution in [3.63, 3.8) is 0 Å². The van der Waals surface area contributed by atoms with Crippen LogP contribution >= 0.6 is 0 Å². The van der Waals surface area contributed by atoms with E-state index in [2.05, 4.69) is 17.4 Å². The normalized spacial score (nSPS) is 16.0. The monoisotopic (exact) mass is 173 g/mol. The molecule has 0 aromatic heterocycles. The zero-order valence-electron chi connectivity index (χ0n) is 7.76. The summed E-state index contributed by atoms with van der Waals surface area (Å²) in [7, 11) is 3.24. The van der Waals surface area contributed by atoms with Crippen LogP contribution in [0.4, 0.5) is 4.39 Å². The number of allylic oxidation sites excluding steroid dienone is 2. The molecule has 0 amide bonds. The van der Waals surface area contributed by atoms with Crippen molar-refractivity contribution in [3.05, 3.63) is 24.9 Å². The van der Waals surface area contributed by atoms with Crippen LogP contribution in [0.3, 0.4) is 0 Å². The van der Waals surface area contributed by atoms with Crippen molar-refractivity contribution in [1.82, 2.24) is 15.8 Å². The summed E-state index contributed by atoms with van der Waals surface area (Å²) in [6.45, 7) is 4.90. The van der Waals surface area contributed by atoms with Gasteiger partial charge in [0, 0.05) is 20.2 Å². The summed E-state index contributed by atoms with van der Waals surface area (Å²) in [5.74, 6) is -1.60. The van der Waals surface area contributed by atoms with Crippen LogP contribution in [-0.4, -0.2) is 24.9 Å². The van der Waals surface area contributed by atoms with Gasteiger partial charge in [0.25, 0.3) is 0 Å². The molecule has 0 saturated carbocycles. The van der Waals surface area contributed by atoms with E-state index in [0.717, 1.165) is 0 Å². The molecule has 0 spiro atoms. The second-order valence-electron chi connectivity index (χ2n) is 2.52. The number of halogens is 1. The predicted molar refractivity (Wildman–Crippen MR) is 48.8 cm³/mol. The summed E-state index contributed by atoms with van der Waals surface area (Å²) in [6, 6.07) is 0. The average molecular weight is 173 g/mol. The highest BCUT2D eigenvalue weighted by atomic mass is 19.1. The van der Waals surface area contributed by atoms with Crippen LogP contribution in [0.2, 0.25) is 0 Å². The van der Waals surface area contributed by atoms with Gasteiger partial charge in [-0.25, -0.2) is 9.82 Å². The Kier molecular flexibility index (Phi) is 4.54. The van der Waals surface area contributed by atoms with Crippen molar-refractivity contribution in [2.45, 2.75) is 12.8 Å². The summed E-state index contributed by atoms with van der Waals surface area (Å²) in [4.78, 5) is 1.39. The van der Waals surface area contributed by atoms with Gasteiger partial charge < -0.3 is 4.90 Å². The lowest BCUT2D eigenvalue weighted by Gasteiger charge is -2.30. The van der Waals surface area contributed by atoms with Crippen molar-refractivity contribution in [2.75, 3.05) is 14.1 Å². The molecule has 12 heavy (non-hydrogen) atoms. The number of hydrogen-bond donors (Lipinski definition) is 2. The minimum absolute atomic E-state index is 1.39. The summed E-state index contributed by atoms with van der Waals surface area (Å²) >= 11 is 0. The molecule has 0 aromatic rings. The Morgan fingerprint density at radius 3 is 2.58 bits per heavy atom. The highest BCUT2D eigenvalue weighted by Crippen LogP contribution is 2.09. The number of nitrogens with zero attached hydrogens (tertiary/aromatic N) is 1. The maximum Gasteiger partial charge on any atom is 0.246 e. The van der Waals surface area contributed by atoms with Crippen LogP contribution in [-0.2, 0) is 0 Å². The Balaban J connectivity index is 4.13. The molecule has 0 rings (SSSR count). The topological polar surface area (TPSA) is 27.3 Å². The molecule has 0 heterocycles. The molecule has 0 aliphatic carbocycles. The van der Waals surface area contributed by atoms with E-state index < -0.39 is 5.92 Å². The van der Waals surface area contributed by atoms with Gasteiger partial charge in [-0.3, -0.25) is 5.43 Å². The third-order valence-corrected chi connectivity index (χ3v) is 1.46. The minimum Gasteiger partial charge on any atom is -0.336 e. The third kappa shape index (κ3) is 3.50. The molecule has 0 aromatic carbocycles. The standard InChI is InChI=1S/C8H16FN3/c1-5-6-7-12(4)8(2,9)11-10-3/h5-7,10-11H,1H2,2-4H3/b7-6-. The largest absolute Gasteiger partial charge is 0.336 e. The lowest BCUT2D eigenvalue weighted by Crippen LogP contribution is -2.54. The summed E-state index contributed by atoms with van der Waals surface area (Å²) in [5.41, 5.74) is 4.99. The fraction of sp³-hybridized carbons (Fsp3) is 0.500. The summed E-state index contributed by atoms with van der Waals surface area (Å²) in [5, 5.41) is 0. The van der Waals surface area contributed by atoms with Crippen molar-refractivity contribution >= 4 is 0 Å². The fourth-order valence-electron chi connectivity index (χ4n) is 0.646. The van der Waals surface area contributed by atoms with E-state index >= 15 is 0 Å². The zero-order valence-corrected chi connectivity index (χ0v) is 7.76. The number of alkyl halides is 1. The maximum absolute atomic E-state index is 13.5. The molecule has 0 fully saturated rings. The van der Waals surface area contributed by atoms with Gasteiger partial charge in [0.05, 0.1) is 0 Å². The third-order valence-electron chi connectivity index (χ3n) is 1.46. The Labute approximate surface area is 72.9 Å². The quantitative estimate of drug-likeness (QED) is 0.281. The van der Waals surface area contributed by atoms with Crippen molar-refractivity contribution in [2.24, 2.45) is 0 Å². The van der Waals surface area contributed by atoms with Crippen LogP contribution in [0.5, 0.6) is 0 Å². The minimum atomic E-state index is -1.60. The van der Waals surface area contributed by atoms with Crippen molar-refractivity contribution < 1.29 is 4.39 Å². The Morgan fingerprint density at radius 1 is 1.58 bits per heavy atom. The smallest absolute Gasteiger partial charge is 0.246 e. The summed E-state index contributed by atoms with van der Waals surface area (Å²) in [6.07, 6.45) is 4.85. The van der Waals surface area contributed by atoms with Crippen LogP contribution in [0.25, 0.3) is 0 Å². The zero-order chi connectivity index (χ0) is 9.61. The van der Waals surface area contributed by atoms with E-state index in [1.807, 2.05) is 0 Å². The molecule has 1 atom stereocenters. The molecule has 2 N–H and O–H groups in total. The summed E-state index contributed by atoms with van der Waals surface area (Å²) < 4.78 is 13.5. The molecular weight excluding hydrogens is 157 g/mol. The van der Waals surface area contributed by atoms with Gasteiger partial charge in [-0.05, 0) is 13.1 Å². The molecule has 0 saturated heterocycles. The molecule has 0 bridgehead atoms. The highest BCUT2D eigenvalue weighted by Gasteiger charge is 2.24. The van der Waals surface area contributed by atoms with Gasteiger partial charge in [-0.1, -0.05) is 12.7 Å². The molecule has 70 valence electrons. The van der Waals surface area contributed by atoms with Gasteiger partial charge in [-0.15, -0.1) is 0 Å². The molecular formula is C8H16FN3. The first-order valence-corrected chi connectivity index (χ1v) is 3.69. The predicted octanol–water partition coefficient (Wildman–Crippen LogP) is 0.985. The van der Waals surface area contributed by atoms with Gasteiger partial charge in [0.1, 0.15) is 0 Å². The average Bonchev–Trinajstić information content (AvgIpc) is 2.00. The first-order chi connectivity index (χ1) is 5.54. The van der Waals surface area contributed by atoms with Crippen LogP contribution in [0.1, 0.15) is 6.92 Å². The van der Waals surface area contributed by atoms with E-state index in [-0.39, 0.29) is 0 Å². The SMILES string of the molecule is C=C/C=C\N(C)C(C)(F)NNC. The molecule has 0 aliphatic heterocycles. The lowest BCUT2D eigenvalue weighted by atomic mass is 10.4. The lowest BCUT2D eigenvalue weighted by molar-refractivity contribution is -0.00970. The molecule has 1 unspecified atom stereocenters. The van der Waals surface area contributed by atoms with E-state index in [9.17, 15) is 4.39 Å². The molecule has 3 nitrogen and oxygen atoms in total. The molecule has 0 aliphatic rings. The molecule has 4 heteroatoms. The second kappa shape index (κ2) is 4.90. The number of nitrogens with one attached hydrogen (secondary N) is 2. The van der Waals surface area contributed by atoms with Crippen LogP contribution in [0, 0.1) is 0 Å². The van der Waals surface area contributed by atoms with Crippen LogP contribution < -0.4 is 10.9 Å². The second-order valence-corrected chi connectivity index (χ2v) is 2.52. The fourth-order valence-corrected chi connectivity index (χ4v) is 0.646.